The molecule has 0 radical (unpaired) electrons. The highest BCUT2D eigenvalue weighted by Gasteiger charge is 2.12. The Labute approximate surface area is 141 Å². The van der Waals surface area contributed by atoms with Crippen LogP contribution >= 0.6 is 0 Å². The summed E-state index contributed by atoms with van der Waals surface area (Å²) in [4.78, 5) is 26.4. The van der Waals surface area contributed by atoms with Gasteiger partial charge in [-0.1, -0.05) is 18.2 Å². The highest BCUT2D eigenvalue weighted by atomic mass is 16.6. The van der Waals surface area contributed by atoms with Crippen LogP contribution in [0.25, 0.3) is 11.1 Å². The third-order valence-corrected chi connectivity index (χ3v) is 3.78. The van der Waals surface area contributed by atoms with Gasteiger partial charge in [0, 0.05) is 29.3 Å². The molecule has 0 fully saturated rings. The van der Waals surface area contributed by atoms with Crippen LogP contribution in [0.5, 0.6) is 5.88 Å². The largest absolute Gasteiger partial charge is 0.474 e. The molecule has 24 heavy (non-hydrogen) atoms. The topological polar surface area (TPSA) is 65.5 Å². The third kappa shape index (κ3) is 3.98. The molecule has 0 unspecified atom stereocenters. The lowest BCUT2D eigenvalue weighted by Crippen LogP contribution is -2.11. The van der Waals surface area contributed by atoms with Crippen LogP contribution in [0.4, 0.5) is 0 Å². The maximum absolute atomic E-state index is 11.1. The summed E-state index contributed by atoms with van der Waals surface area (Å²) in [5, 5.41) is 0. The number of carbonyl (C=O) groups excluding carboxylic acids is 2. The van der Waals surface area contributed by atoms with E-state index in [1.165, 1.54) is 6.92 Å². The Bertz CT molecular complexity index is 768. The molecule has 0 aliphatic carbocycles. The molecule has 0 saturated carbocycles. The summed E-state index contributed by atoms with van der Waals surface area (Å²) in [6.45, 7) is 7.55. The number of pyridine rings is 1. The number of benzene rings is 1. The van der Waals surface area contributed by atoms with E-state index in [1.807, 2.05) is 39.0 Å². The molecule has 1 aromatic heterocycles. The molecule has 0 aliphatic rings. The minimum atomic E-state index is -0.333. The van der Waals surface area contributed by atoms with Gasteiger partial charge in [0.05, 0.1) is 0 Å². The molecule has 126 valence electrons. The van der Waals surface area contributed by atoms with Gasteiger partial charge in [0.25, 0.3) is 0 Å². The smallest absolute Gasteiger partial charge is 0.302 e. The van der Waals surface area contributed by atoms with Crippen LogP contribution in [0.3, 0.4) is 0 Å². The Balaban J connectivity index is 2.27. The van der Waals surface area contributed by atoms with Gasteiger partial charge in [-0.25, -0.2) is 4.98 Å². The number of hydrogen-bond acceptors (Lipinski definition) is 5. The quantitative estimate of drug-likeness (QED) is 0.462. The fraction of sp³-hybridized carbons (Fsp3) is 0.316. The molecule has 0 saturated heterocycles. The molecule has 5 heteroatoms. The molecular weight excluding hydrogens is 306 g/mol. The molecule has 0 atom stereocenters. The fourth-order valence-corrected chi connectivity index (χ4v) is 2.50. The van der Waals surface area contributed by atoms with Crippen molar-refractivity contribution >= 4 is 12.3 Å². The summed E-state index contributed by atoms with van der Waals surface area (Å²) < 4.78 is 10.4. The van der Waals surface area contributed by atoms with Crippen LogP contribution in [-0.2, 0) is 9.53 Å². The van der Waals surface area contributed by atoms with Crippen molar-refractivity contribution in [2.24, 2.45) is 0 Å². The van der Waals surface area contributed by atoms with Crippen molar-refractivity contribution in [3.63, 3.8) is 0 Å². The summed E-state index contributed by atoms with van der Waals surface area (Å²) in [6.07, 6.45) is 0.862. The van der Waals surface area contributed by atoms with Gasteiger partial charge in [-0.15, -0.1) is 0 Å². The molecule has 1 heterocycles. The highest BCUT2D eigenvalue weighted by molar-refractivity contribution is 5.83. The van der Waals surface area contributed by atoms with Crippen molar-refractivity contribution in [3.8, 4) is 17.0 Å². The number of carbonyl (C=O) groups is 2. The first kappa shape index (κ1) is 17.7. The SMILES string of the molecule is CC(=O)OCCOc1nc(C)c(-c2cccc(C=O)c2C)cc1C. The van der Waals surface area contributed by atoms with Crippen LogP contribution in [0.1, 0.15) is 34.1 Å². The van der Waals surface area contributed by atoms with Crippen LogP contribution in [0.15, 0.2) is 24.3 Å². The molecule has 0 amide bonds. The molecule has 2 rings (SSSR count). The van der Waals surface area contributed by atoms with Crippen molar-refractivity contribution in [1.29, 1.82) is 0 Å². The maximum atomic E-state index is 11.1. The van der Waals surface area contributed by atoms with Gasteiger partial charge in [0.2, 0.25) is 5.88 Å². The van der Waals surface area contributed by atoms with E-state index in [2.05, 4.69) is 4.98 Å². The lowest BCUT2D eigenvalue weighted by Gasteiger charge is -2.14. The Kier molecular flexibility index (Phi) is 5.68. The first-order valence-corrected chi connectivity index (χ1v) is 7.73. The zero-order valence-electron chi connectivity index (χ0n) is 14.4. The van der Waals surface area contributed by atoms with Crippen LogP contribution in [-0.4, -0.2) is 30.5 Å². The van der Waals surface area contributed by atoms with Crippen LogP contribution in [0, 0.1) is 20.8 Å². The number of hydrogen-bond donors (Lipinski definition) is 0. The van der Waals surface area contributed by atoms with Gasteiger partial charge in [-0.3, -0.25) is 9.59 Å². The van der Waals surface area contributed by atoms with Crippen molar-refractivity contribution in [3.05, 3.63) is 46.6 Å². The first-order valence-electron chi connectivity index (χ1n) is 7.73. The molecule has 0 bridgehead atoms. The minimum absolute atomic E-state index is 0.192. The average molecular weight is 327 g/mol. The average Bonchev–Trinajstić information content (AvgIpc) is 2.54. The summed E-state index contributed by atoms with van der Waals surface area (Å²) in [6, 6.07) is 7.64. The van der Waals surface area contributed by atoms with Crippen molar-refractivity contribution in [1.82, 2.24) is 4.98 Å². The van der Waals surface area contributed by atoms with E-state index in [4.69, 9.17) is 9.47 Å². The van der Waals surface area contributed by atoms with E-state index in [1.54, 1.807) is 6.07 Å². The van der Waals surface area contributed by atoms with E-state index >= 15 is 0 Å². The first-order chi connectivity index (χ1) is 11.4. The third-order valence-electron chi connectivity index (χ3n) is 3.78. The van der Waals surface area contributed by atoms with Crippen molar-refractivity contribution in [2.45, 2.75) is 27.7 Å². The zero-order chi connectivity index (χ0) is 17.7. The Hall–Kier alpha value is -2.69. The van der Waals surface area contributed by atoms with Gasteiger partial charge in [-0.05, 0) is 38.0 Å². The summed E-state index contributed by atoms with van der Waals surface area (Å²) in [5.74, 6) is 0.188. The Morgan fingerprint density at radius 2 is 1.92 bits per heavy atom. The molecule has 0 aliphatic heterocycles. The van der Waals surface area contributed by atoms with Crippen LogP contribution in [0.2, 0.25) is 0 Å². The van der Waals surface area contributed by atoms with E-state index in [0.717, 1.165) is 34.2 Å². The van der Waals surface area contributed by atoms with Crippen LogP contribution < -0.4 is 4.74 Å². The minimum Gasteiger partial charge on any atom is -0.474 e. The molecule has 2 aromatic rings. The lowest BCUT2D eigenvalue weighted by molar-refractivity contribution is -0.141. The number of rotatable bonds is 6. The monoisotopic (exact) mass is 327 g/mol. The summed E-state index contributed by atoms with van der Waals surface area (Å²) >= 11 is 0. The fourth-order valence-electron chi connectivity index (χ4n) is 2.50. The summed E-state index contributed by atoms with van der Waals surface area (Å²) in [5.41, 5.74) is 5.26. The Morgan fingerprint density at radius 3 is 2.58 bits per heavy atom. The molecule has 1 aromatic carbocycles. The number of aldehydes is 1. The predicted octanol–water partition coefficient (Wildman–Crippen LogP) is 3.43. The van der Waals surface area contributed by atoms with E-state index < -0.39 is 0 Å². The second kappa shape index (κ2) is 7.73. The number of nitrogens with zero attached hydrogens (tertiary/aromatic N) is 1. The maximum Gasteiger partial charge on any atom is 0.302 e. The van der Waals surface area contributed by atoms with E-state index in [-0.39, 0.29) is 19.2 Å². The summed E-state index contributed by atoms with van der Waals surface area (Å²) in [7, 11) is 0. The highest BCUT2D eigenvalue weighted by Crippen LogP contribution is 2.30. The zero-order valence-corrected chi connectivity index (χ0v) is 14.4. The second-order valence-corrected chi connectivity index (χ2v) is 5.57. The molecule has 0 N–H and O–H groups in total. The van der Waals surface area contributed by atoms with Gasteiger partial charge in [0.15, 0.2) is 0 Å². The second-order valence-electron chi connectivity index (χ2n) is 5.57. The van der Waals surface area contributed by atoms with Gasteiger partial charge in [0.1, 0.15) is 19.5 Å². The van der Waals surface area contributed by atoms with E-state index in [9.17, 15) is 9.59 Å². The van der Waals surface area contributed by atoms with Gasteiger partial charge >= 0.3 is 5.97 Å². The van der Waals surface area contributed by atoms with E-state index in [0.29, 0.717) is 11.4 Å². The molecule has 5 nitrogen and oxygen atoms in total. The van der Waals surface area contributed by atoms with Gasteiger partial charge in [-0.2, -0.15) is 0 Å². The number of ether oxygens (including phenoxy) is 2. The predicted molar refractivity (Wildman–Crippen MR) is 91.4 cm³/mol. The van der Waals surface area contributed by atoms with Crippen molar-refractivity contribution < 1.29 is 19.1 Å². The normalized spacial score (nSPS) is 10.3. The molecular formula is C19H21NO4. The standard InChI is InChI=1S/C19H21NO4/c1-12-10-18(17-7-5-6-16(11-21)13(17)2)14(3)20-19(12)24-9-8-23-15(4)22/h5-7,10-11H,8-9H2,1-4H3. The van der Waals surface area contributed by atoms with Crippen molar-refractivity contribution in [2.75, 3.05) is 13.2 Å². The lowest BCUT2D eigenvalue weighted by atomic mass is 9.95. The van der Waals surface area contributed by atoms with Gasteiger partial charge < -0.3 is 9.47 Å². The number of aromatic nitrogens is 1. The number of aryl methyl sites for hydroxylation is 2. The Morgan fingerprint density at radius 1 is 1.17 bits per heavy atom. The number of esters is 1. The molecule has 0 spiro atoms.